The first-order valence-corrected chi connectivity index (χ1v) is 3.87. The maximum atomic E-state index is 11.0. The molecule has 0 atom stereocenters. The number of hydrogen-bond donors (Lipinski definition) is 2. The van der Waals surface area contributed by atoms with E-state index in [1.165, 1.54) is 0 Å². The number of urea groups is 1. The van der Waals surface area contributed by atoms with E-state index in [4.69, 9.17) is 0 Å². The van der Waals surface area contributed by atoms with Gasteiger partial charge >= 0.3 is 6.03 Å². The van der Waals surface area contributed by atoms with Crippen molar-refractivity contribution in [1.29, 1.82) is 0 Å². The number of rotatable bonds is 2. The molecular weight excluding hydrogens is 142 g/mol. The number of nitrogens with one attached hydrogen (secondary N) is 2. The second-order valence-electron chi connectivity index (χ2n) is 2.96. The minimum absolute atomic E-state index is 0.00287. The third-order valence-corrected chi connectivity index (χ3v) is 1.96. The molecule has 1 rings (SSSR count). The van der Waals surface area contributed by atoms with Crippen LogP contribution in [0.25, 0.3) is 0 Å². The van der Waals surface area contributed by atoms with Crippen LogP contribution in [0.1, 0.15) is 0 Å². The van der Waals surface area contributed by atoms with E-state index in [9.17, 15) is 4.79 Å². The van der Waals surface area contributed by atoms with Crippen LogP contribution in [-0.2, 0) is 0 Å². The lowest BCUT2D eigenvalue weighted by Crippen LogP contribution is -2.49. The molecule has 2 N–H and O–H groups in total. The van der Waals surface area contributed by atoms with Crippen molar-refractivity contribution < 1.29 is 4.79 Å². The van der Waals surface area contributed by atoms with Crippen LogP contribution in [0, 0.1) is 5.92 Å². The summed E-state index contributed by atoms with van der Waals surface area (Å²) in [4.78, 5) is 12.7. The molecule has 0 aromatic carbocycles. The molecule has 0 radical (unpaired) electrons. The number of amides is 2. The minimum Gasteiger partial charge on any atom is -0.341 e. The Morgan fingerprint density at radius 1 is 1.73 bits per heavy atom. The van der Waals surface area contributed by atoms with E-state index in [-0.39, 0.29) is 6.03 Å². The van der Waals surface area contributed by atoms with Crippen LogP contribution in [0.3, 0.4) is 0 Å². The first kappa shape index (κ1) is 8.33. The molecule has 0 aromatic heterocycles. The van der Waals surface area contributed by atoms with Crippen LogP contribution in [0.5, 0.6) is 0 Å². The van der Waals surface area contributed by atoms with Crippen molar-refractivity contribution >= 4 is 6.03 Å². The quantitative estimate of drug-likeness (QED) is 0.566. The largest absolute Gasteiger partial charge is 0.341 e. The Kier molecular flexibility index (Phi) is 2.70. The smallest absolute Gasteiger partial charge is 0.316 e. The zero-order valence-electron chi connectivity index (χ0n) is 7.05. The molecule has 1 saturated heterocycles. The Hall–Kier alpha value is -0.770. The molecule has 4 heteroatoms. The van der Waals surface area contributed by atoms with Gasteiger partial charge in [-0.1, -0.05) is 0 Å². The monoisotopic (exact) mass is 157 g/mol. The topological polar surface area (TPSA) is 44.4 Å². The predicted octanol–water partition coefficient (Wildman–Crippen LogP) is -0.523. The zero-order chi connectivity index (χ0) is 8.27. The zero-order valence-corrected chi connectivity index (χ0v) is 7.05. The van der Waals surface area contributed by atoms with Gasteiger partial charge in [0.1, 0.15) is 0 Å². The van der Waals surface area contributed by atoms with Crippen LogP contribution in [0.2, 0.25) is 0 Å². The standard InChI is InChI=1S/C7H15N3O/c1-8-7(11)10(2)5-6-3-9-4-6/h6,9H,3-5H2,1-2H3,(H,8,11). The van der Waals surface area contributed by atoms with E-state index in [0.29, 0.717) is 5.92 Å². The van der Waals surface area contributed by atoms with Crippen molar-refractivity contribution in [2.45, 2.75) is 0 Å². The summed E-state index contributed by atoms with van der Waals surface area (Å²) in [6, 6.07) is -0.00287. The highest BCUT2D eigenvalue weighted by Gasteiger charge is 2.19. The van der Waals surface area contributed by atoms with Crippen LogP contribution >= 0.6 is 0 Å². The molecule has 2 amide bonds. The molecule has 11 heavy (non-hydrogen) atoms. The van der Waals surface area contributed by atoms with Crippen molar-refractivity contribution in [3.8, 4) is 0 Å². The fraction of sp³-hybridized carbons (Fsp3) is 0.857. The maximum absolute atomic E-state index is 11.0. The Morgan fingerprint density at radius 3 is 2.73 bits per heavy atom. The summed E-state index contributed by atoms with van der Waals surface area (Å²) in [6.45, 7) is 2.94. The molecule has 0 bridgehead atoms. The van der Waals surface area contributed by atoms with Gasteiger partial charge in [0.25, 0.3) is 0 Å². The molecule has 1 aliphatic heterocycles. The van der Waals surface area contributed by atoms with Crippen LogP contribution in [0.15, 0.2) is 0 Å². The Labute approximate surface area is 66.9 Å². The molecular formula is C7H15N3O. The molecule has 1 heterocycles. The third-order valence-electron chi connectivity index (χ3n) is 1.96. The van der Waals surface area contributed by atoms with E-state index in [1.807, 2.05) is 7.05 Å². The number of carbonyl (C=O) groups excluding carboxylic acids is 1. The minimum atomic E-state index is -0.00287. The second kappa shape index (κ2) is 3.57. The SMILES string of the molecule is CNC(=O)N(C)CC1CNC1. The highest BCUT2D eigenvalue weighted by atomic mass is 16.2. The lowest BCUT2D eigenvalue weighted by Gasteiger charge is -2.30. The summed E-state index contributed by atoms with van der Waals surface area (Å²) >= 11 is 0. The summed E-state index contributed by atoms with van der Waals surface area (Å²) < 4.78 is 0. The Bertz CT molecular complexity index is 145. The molecule has 1 aliphatic rings. The van der Waals surface area contributed by atoms with E-state index >= 15 is 0 Å². The molecule has 4 nitrogen and oxygen atoms in total. The van der Waals surface area contributed by atoms with Crippen molar-refractivity contribution in [2.24, 2.45) is 5.92 Å². The van der Waals surface area contributed by atoms with E-state index in [1.54, 1.807) is 11.9 Å². The van der Waals surface area contributed by atoms with E-state index in [0.717, 1.165) is 19.6 Å². The van der Waals surface area contributed by atoms with E-state index in [2.05, 4.69) is 10.6 Å². The van der Waals surface area contributed by atoms with Crippen molar-refractivity contribution in [1.82, 2.24) is 15.5 Å². The first-order valence-electron chi connectivity index (χ1n) is 3.87. The highest BCUT2D eigenvalue weighted by Crippen LogP contribution is 2.03. The second-order valence-corrected chi connectivity index (χ2v) is 2.96. The van der Waals surface area contributed by atoms with Gasteiger partial charge in [-0.15, -0.1) is 0 Å². The fourth-order valence-electron chi connectivity index (χ4n) is 1.14. The summed E-state index contributed by atoms with van der Waals surface area (Å²) in [5.41, 5.74) is 0. The van der Waals surface area contributed by atoms with Crippen LogP contribution in [0.4, 0.5) is 4.79 Å². The first-order chi connectivity index (χ1) is 5.24. The molecule has 1 fully saturated rings. The number of carbonyl (C=O) groups is 1. The van der Waals surface area contributed by atoms with Crippen LogP contribution in [-0.4, -0.2) is 44.7 Å². The molecule has 0 spiro atoms. The summed E-state index contributed by atoms with van der Waals surface area (Å²) in [6.07, 6.45) is 0. The fourth-order valence-corrected chi connectivity index (χ4v) is 1.14. The molecule has 64 valence electrons. The molecule has 0 aliphatic carbocycles. The third kappa shape index (κ3) is 2.08. The van der Waals surface area contributed by atoms with Gasteiger partial charge < -0.3 is 15.5 Å². The summed E-state index contributed by atoms with van der Waals surface area (Å²) in [7, 11) is 3.47. The van der Waals surface area contributed by atoms with Gasteiger partial charge in [-0.3, -0.25) is 0 Å². The summed E-state index contributed by atoms with van der Waals surface area (Å²) in [5, 5.41) is 5.75. The average Bonchev–Trinajstić information content (AvgIpc) is 1.94. The molecule has 0 aromatic rings. The lowest BCUT2D eigenvalue weighted by atomic mass is 10.0. The van der Waals surface area contributed by atoms with Crippen molar-refractivity contribution in [2.75, 3.05) is 33.7 Å². The average molecular weight is 157 g/mol. The van der Waals surface area contributed by atoms with Crippen molar-refractivity contribution in [3.05, 3.63) is 0 Å². The summed E-state index contributed by atoms with van der Waals surface area (Å²) in [5.74, 6) is 0.650. The highest BCUT2D eigenvalue weighted by molar-refractivity contribution is 5.73. The Balaban J connectivity index is 2.18. The molecule has 0 saturated carbocycles. The number of hydrogen-bond acceptors (Lipinski definition) is 2. The van der Waals surface area contributed by atoms with E-state index < -0.39 is 0 Å². The Morgan fingerprint density at radius 2 is 2.36 bits per heavy atom. The van der Waals surface area contributed by atoms with Crippen molar-refractivity contribution in [3.63, 3.8) is 0 Å². The van der Waals surface area contributed by atoms with Gasteiger partial charge in [0.2, 0.25) is 0 Å². The normalized spacial score (nSPS) is 17.3. The predicted molar refractivity (Wildman–Crippen MR) is 43.4 cm³/mol. The lowest BCUT2D eigenvalue weighted by molar-refractivity contribution is 0.191. The van der Waals surface area contributed by atoms with Crippen LogP contribution < -0.4 is 10.6 Å². The van der Waals surface area contributed by atoms with Gasteiger partial charge in [0, 0.05) is 39.6 Å². The van der Waals surface area contributed by atoms with Gasteiger partial charge in [0.05, 0.1) is 0 Å². The van der Waals surface area contributed by atoms with Gasteiger partial charge in [-0.05, 0) is 0 Å². The van der Waals surface area contributed by atoms with Gasteiger partial charge in [0.15, 0.2) is 0 Å². The number of nitrogens with zero attached hydrogens (tertiary/aromatic N) is 1. The van der Waals surface area contributed by atoms with Gasteiger partial charge in [-0.25, -0.2) is 4.79 Å². The maximum Gasteiger partial charge on any atom is 0.316 e. The molecule has 0 unspecified atom stereocenters. The van der Waals surface area contributed by atoms with Gasteiger partial charge in [-0.2, -0.15) is 0 Å².